The number of anilines is 1. The van der Waals surface area contributed by atoms with E-state index in [0.717, 1.165) is 22.8 Å². The van der Waals surface area contributed by atoms with E-state index in [1.54, 1.807) is 6.07 Å². The summed E-state index contributed by atoms with van der Waals surface area (Å²) in [5, 5.41) is 3.31. The number of furan rings is 1. The minimum Gasteiger partial charge on any atom is -0.494 e. The summed E-state index contributed by atoms with van der Waals surface area (Å²) in [5.74, 6) is 1.95. The number of aryl methyl sites for hydroxylation is 2. The topological polar surface area (TPSA) is 34.4 Å². The lowest BCUT2D eigenvalue weighted by Crippen LogP contribution is -2.08. The summed E-state index contributed by atoms with van der Waals surface area (Å²) in [7, 11) is 1.53. The van der Waals surface area contributed by atoms with Crippen LogP contribution in [-0.2, 0) is 0 Å². The van der Waals surface area contributed by atoms with Crippen molar-refractivity contribution in [3.63, 3.8) is 0 Å². The van der Waals surface area contributed by atoms with Crippen LogP contribution >= 0.6 is 0 Å². The summed E-state index contributed by atoms with van der Waals surface area (Å²) >= 11 is 0. The van der Waals surface area contributed by atoms with Crippen molar-refractivity contribution >= 4 is 5.69 Å². The van der Waals surface area contributed by atoms with E-state index < -0.39 is 0 Å². The third-order valence-electron chi connectivity index (χ3n) is 3.08. The molecule has 1 aromatic heterocycles. The Morgan fingerprint density at radius 1 is 1.26 bits per heavy atom. The van der Waals surface area contributed by atoms with Gasteiger partial charge in [-0.2, -0.15) is 0 Å². The highest BCUT2D eigenvalue weighted by Gasteiger charge is 2.14. The van der Waals surface area contributed by atoms with E-state index in [9.17, 15) is 4.39 Å². The SMILES string of the molecule is COc1cc(F)ccc1NC(C)c1cc(C)oc1C. The molecule has 1 unspecified atom stereocenters. The van der Waals surface area contributed by atoms with Crippen molar-refractivity contribution in [1.29, 1.82) is 0 Å². The van der Waals surface area contributed by atoms with E-state index >= 15 is 0 Å². The Bertz CT molecular complexity index is 578. The standard InChI is InChI=1S/C15H18FNO2/c1-9-7-13(11(3)19-9)10(2)17-14-6-5-12(16)8-15(14)18-4/h5-8,10,17H,1-4H3. The van der Waals surface area contributed by atoms with Gasteiger partial charge in [0.1, 0.15) is 23.1 Å². The number of rotatable bonds is 4. The van der Waals surface area contributed by atoms with Gasteiger partial charge in [0.05, 0.1) is 18.8 Å². The first-order valence-electron chi connectivity index (χ1n) is 6.18. The summed E-state index contributed by atoms with van der Waals surface area (Å²) < 4.78 is 23.8. The maximum absolute atomic E-state index is 13.1. The Labute approximate surface area is 112 Å². The number of ether oxygens (including phenoxy) is 1. The zero-order valence-corrected chi connectivity index (χ0v) is 11.6. The summed E-state index contributed by atoms with van der Waals surface area (Å²) in [6.07, 6.45) is 0. The van der Waals surface area contributed by atoms with Gasteiger partial charge >= 0.3 is 0 Å². The number of nitrogens with one attached hydrogen (secondary N) is 1. The number of hydrogen-bond donors (Lipinski definition) is 1. The maximum atomic E-state index is 13.1. The van der Waals surface area contributed by atoms with Crippen LogP contribution in [0.25, 0.3) is 0 Å². The molecule has 0 aliphatic heterocycles. The molecule has 1 N–H and O–H groups in total. The van der Waals surface area contributed by atoms with E-state index in [4.69, 9.17) is 9.15 Å². The molecule has 0 aliphatic rings. The van der Waals surface area contributed by atoms with Crippen LogP contribution in [0.3, 0.4) is 0 Å². The first-order valence-corrected chi connectivity index (χ1v) is 6.18. The second kappa shape index (κ2) is 5.34. The van der Waals surface area contributed by atoms with Gasteiger partial charge in [-0.3, -0.25) is 0 Å². The van der Waals surface area contributed by atoms with Crippen LogP contribution in [0.5, 0.6) is 5.75 Å². The highest BCUT2D eigenvalue weighted by atomic mass is 19.1. The third kappa shape index (κ3) is 2.89. The lowest BCUT2D eigenvalue weighted by Gasteiger charge is -2.17. The fourth-order valence-electron chi connectivity index (χ4n) is 2.18. The van der Waals surface area contributed by atoms with Crippen LogP contribution in [0.1, 0.15) is 30.0 Å². The fourth-order valence-corrected chi connectivity index (χ4v) is 2.18. The molecule has 3 nitrogen and oxygen atoms in total. The number of hydrogen-bond acceptors (Lipinski definition) is 3. The molecule has 4 heteroatoms. The van der Waals surface area contributed by atoms with Crippen LogP contribution in [0.15, 0.2) is 28.7 Å². The van der Waals surface area contributed by atoms with Crippen LogP contribution in [0.2, 0.25) is 0 Å². The molecule has 19 heavy (non-hydrogen) atoms. The van der Waals surface area contributed by atoms with Gasteiger partial charge < -0.3 is 14.5 Å². The van der Waals surface area contributed by atoms with Gasteiger partial charge in [0.25, 0.3) is 0 Å². The van der Waals surface area contributed by atoms with Gasteiger partial charge in [0, 0.05) is 11.6 Å². The van der Waals surface area contributed by atoms with Crippen molar-refractivity contribution in [2.45, 2.75) is 26.8 Å². The Hall–Kier alpha value is -1.97. The molecule has 2 aromatic rings. The molecule has 0 spiro atoms. The normalized spacial score (nSPS) is 12.3. The highest BCUT2D eigenvalue weighted by Crippen LogP contribution is 2.30. The molecule has 0 bridgehead atoms. The number of methoxy groups -OCH3 is 1. The molecule has 0 saturated carbocycles. The summed E-state index contributed by atoms with van der Waals surface area (Å²) in [5.41, 5.74) is 1.85. The zero-order valence-electron chi connectivity index (χ0n) is 11.6. The van der Waals surface area contributed by atoms with Crippen LogP contribution in [-0.4, -0.2) is 7.11 Å². The zero-order chi connectivity index (χ0) is 14.0. The predicted octanol–water partition coefficient (Wildman–Crippen LogP) is 4.22. The summed E-state index contributed by atoms with van der Waals surface area (Å²) in [4.78, 5) is 0. The molecule has 0 aliphatic carbocycles. The van der Waals surface area contributed by atoms with Gasteiger partial charge in [0.15, 0.2) is 0 Å². The van der Waals surface area contributed by atoms with Gasteiger partial charge in [-0.25, -0.2) is 4.39 Å². The molecule has 0 amide bonds. The second-order valence-electron chi connectivity index (χ2n) is 4.58. The molecular formula is C15H18FNO2. The first-order chi connectivity index (χ1) is 9.01. The molecule has 1 atom stereocenters. The largest absolute Gasteiger partial charge is 0.494 e. The number of benzene rings is 1. The van der Waals surface area contributed by atoms with Crippen molar-refractivity contribution in [2.24, 2.45) is 0 Å². The smallest absolute Gasteiger partial charge is 0.144 e. The lowest BCUT2D eigenvalue weighted by atomic mass is 10.1. The highest BCUT2D eigenvalue weighted by molar-refractivity contribution is 5.57. The predicted molar refractivity (Wildman–Crippen MR) is 73.2 cm³/mol. The van der Waals surface area contributed by atoms with Gasteiger partial charge in [-0.05, 0) is 39.0 Å². The molecule has 1 heterocycles. The molecule has 102 valence electrons. The van der Waals surface area contributed by atoms with Gasteiger partial charge in [-0.1, -0.05) is 0 Å². The van der Waals surface area contributed by atoms with E-state index in [2.05, 4.69) is 5.32 Å². The lowest BCUT2D eigenvalue weighted by molar-refractivity contribution is 0.412. The van der Waals surface area contributed by atoms with Crippen LogP contribution in [0, 0.1) is 19.7 Å². The van der Waals surface area contributed by atoms with E-state index in [0.29, 0.717) is 5.75 Å². The molecule has 1 aromatic carbocycles. The second-order valence-corrected chi connectivity index (χ2v) is 4.58. The average Bonchev–Trinajstić information content (AvgIpc) is 2.70. The Morgan fingerprint density at radius 3 is 2.58 bits per heavy atom. The van der Waals surface area contributed by atoms with Gasteiger partial charge in [-0.15, -0.1) is 0 Å². The van der Waals surface area contributed by atoms with Crippen molar-refractivity contribution in [1.82, 2.24) is 0 Å². The van der Waals surface area contributed by atoms with Crippen LogP contribution in [0.4, 0.5) is 10.1 Å². The van der Waals surface area contributed by atoms with Crippen molar-refractivity contribution in [3.05, 3.63) is 47.2 Å². The number of halogens is 1. The Balaban J connectivity index is 2.23. The summed E-state index contributed by atoms with van der Waals surface area (Å²) in [6.45, 7) is 5.88. The van der Waals surface area contributed by atoms with Gasteiger partial charge in [0.2, 0.25) is 0 Å². The average molecular weight is 263 g/mol. The van der Waals surface area contributed by atoms with E-state index in [1.807, 2.05) is 26.8 Å². The minimum absolute atomic E-state index is 0.0526. The van der Waals surface area contributed by atoms with E-state index in [1.165, 1.54) is 19.2 Å². The molecule has 0 radical (unpaired) electrons. The quantitative estimate of drug-likeness (QED) is 0.897. The Kier molecular flexibility index (Phi) is 3.79. The van der Waals surface area contributed by atoms with Crippen molar-refractivity contribution in [2.75, 3.05) is 12.4 Å². The van der Waals surface area contributed by atoms with Crippen LogP contribution < -0.4 is 10.1 Å². The Morgan fingerprint density at radius 2 is 2.00 bits per heavy atom. The monoisotopic (exact) mass is 263 g/mol. The molecule has 0 saturated heterocycles. The molecule has 2 rings (SSSR count). The first kappa shape index (κ1) is 13.5. The maximum Gasteiger partial charge on any atom is 0.144 e. The molecule has 0 fully saturated rings. The van der Waals surface area contributed by atoms with Crippen molar-refractivity contribution < 1.29 is 13.5 Å². The third-order valence-corrected chi connectivity index (χ3v) is 3.08. The van der Waals surface area contributed by atoms with E-state index in [-0.39, 0.29) is 11.9 Å². The molecular weight excluding hydrogens is 245 g/mol. The van der Waals surface area contributed by atoms with Crippen molar-refractivity contribution in [3.8, 4) is 5.75 Å². The minimum atomic E-state index is -0.314. The fraction of sp³-hybridized carbons (Fsp3) is 0.333. The summed E-state index contributed by atoms with van der Waals surface area (Å²) in [6, 6.07) is 6.50.